The summed E-state index contributed by atoms with van der Waals surface area (Å²) in [6.07, 6.45) is 4.71. The van der Waals surface area contributed by atoms with Gasteiger partial charge in [0.05, 0.1) is 6.54 Å². The molecule has 1 aliphatic carbocycles. The average Bonchev–Trinajstić information content (AvgIpc) is 2.51. The molecule has 0 radical (unpaired) electrons. The zero-order valence-corrected chi connectivity index (χ0v) is 14.9. The van der Waals surface area contributed by atoms with E-state index in [0.717, 1.165) is 37.9 Å². The Hall–Kier alpha value is -1.26. The lowest BCUT2D eigenvalue weighted by molar-refractivity contribution is -0.126. The SMILES string of the molecule is CCC(CNC(=O)C1CCCC(N)C1)Oc1cccc(C)c1.Cl. The molecule has 3 N–H and O–H groups in total. The molecule has 0 saturated heterocycles. The third kappa shape index (κ3) is 6.40. The van der Waals surface area contributed by atoms with Crippen molar-refractivity contribution in [3.8, 4) is 5.75 Å². The lowest BCUT2D eigenvalue weighted by Gasteiger charge is -2.26. The summed E-state index contributed by atoms with van der Waals surface area (Å²) in [7, 11) is 0. The summed E-state index contributed by atoms with van der Waals surface area (Å²) in [6, 6.07) is 8.18. The number of halogens is 1. The van der Waals surface area contributed by atoms with Crippen LogP contribution in [0.1, 0.15) is 44.6 Å². The normalized spacial score (nSPS) is 21.9. The molecule has 130 valence electrons. The molecule has 0 bridgehead atoms. The first-order chi connectivity index (χ1) is 10.6. The van der Waals surface area contributed by atoms with E-state index in [-0.39, 0.29) is 36.4 Å². The van der Waals surface area contributed by atoms with E-state index >= 15 is 0 Å². The summed E-state index contributed by atoms with van der Waals surface area (Å²) in [5.41, 5.74) is 7.13. The fraction of sp³-hybridized carbons (Fsp3) is 0.611. The Balaban J connectivity index is 0.00000264. The number of benzene rings is 1. The second kappa shape index (κ2) is 9.78. The van der Waals surface area contributed by atoms with E-state index in [1.807, 2.05) is 31.2 Å². The Kier molecular flexibility index (Phi) is 8.42. The van der Waals surface area contributed by atoms with E-state index in [4.69, 9.17) is 10.5 Å². The van der Waals surface area contributed by atoms with Gasteiger partial charge in [-0.05, 0) is 50.3 Å². The summed E-state index contributed by atoms with van der Waals surface area (Å²) in [5, 5.41) is 3.04. The molecule has 0 spiro atoms. The third-order valence-electron chi connectivity index (χ3n) is 4.34. The Bertz CT molecular complexity index is 496. The van der Waals surface area contributed by atoms with Gasteiger partial charge in [-0.3, -0.25) is 4.79 Å². The quantitative estimate of drug-likeness (QED) is 0.835. The van der Waals surface area contributed by atoms with Crippen molar-refractivity contribution in [3.05, 3.63) is 29.8 Å². The highest BCUT2D eigenvalue weighted by Gasteiger charge is 2.25. The van der Waals surface area contributed by atoms with Crippen LogP contribution in [0.2, 0.25) is 0 Å². The zero-order valence-electron chi connectivity index (χ0n) is 14.1. The summed E-state index contributed by atoms with van der Waals surface area (Å²) in [5.74, 6) is 1.06. The molecule has 1 aromatic rings. The Morgan fingerprint density at radius 1 is 1.43 bits per heavy atom. The van der Waals surface area contributed by atoms with Crippen LogP contribution < -0.4 is 15.8 Å². The topological polar surface area (TPSA) is 64.4 Å². The monoisotopic (exact) mass is 340 g/mol. The van der Waals surface area contributed by atoms with Gasteiger partial charge < -0.3 is 15.8 Å². The first-order valence-electron chi connectivity index (χ1n) is 8.35. The van der Waals surface area contributed by atoms with Crippen molar-refractivity contribution in [3.63, 3.8) is 0 Å². The van der Waals surface area contributed by atoms with Crippen LogP contribution >= 0.6 is 12.4 Å². The van der Waals surface area contributed by atoms with Crippen LogP contribution in [-0.4, -0.2) is 24.6 Å². The molecule has 1 aliphatic rings. The fourth-order valence-electron chi connectivity index (χ4n) is 2.97. The molecule has 0 aliphatic heterocycles. The minimum absolute atomic E-state index is 0. The minimum Gasteiger partial charge on any atom is -0.489 e. The number of hydrogen-bond donors (Lipinski definition) is 2. The van der Waals surface area contributed by atoms with Crippen molar-refractivity contribution >= 4 is 18.3 Å². The maximum atomic E-state index is 12.2. The molecule has 2 rings (SSSR count). The van der Waals surface area contributed by atoms with E-state index in [2.05, 4.69) is 12.2 Å². The second-order valence-corrected chi connectivity index (χ2v) is 6.33. The standard InChI is InChI=1S/C18H28N2O2.ClH/c1-3-16(22-17-9-4-6-13(2)10-17)12-20-18(21)14-7-5-8-15(19)11-14;/h4,6,9-10,14-16H,3,5,7-8,11-12,19H2,1-2H3,(H,20,21);1H. The number of ether oxygens (including phenoxy) is 1. The molecule has 5 heteroatoms. The molecule has 1 saturated carbocycles. The van der Waals surface area contributed by atoms with Crippen LogP contribution in [0.4, 0.5) is 0 Å². The van der Waals surface area contributed by atoms with E-state index in [1.54, 1.807) is 0 Å². The predicted octanol–water partition coefficient (Wildman–Crippen LogP) is 3.21. The van der Waals surface area contributed by atoms with Gasteiger partial charge >= 0.3 is 0 Å². The maximum absolute atomic E-state index is 12.2. The van der Waals surface area contributed by atoms with E-state index in [1.165, 1.54) is 5.56 Å². The van der Waals surface area contributed by atoms with Gasteiger partial charge in [0.1, 0.15) is 11.9 Å². The van der Waals surface area contributed by atoms with Crippen LogP contribution in [0.3, 0.4) is 0 Å². The van der Waals surface area contributed by atoms with Crippen molar-refractivity contribution in [2.24, 2.45) is 11.7 Å². The number of carbonyl (C=O) groups is 1. The lowest BCUT2D eigenvalue weighted by atomic mass is 9.85. The molecule has 3 unspecified atom stereocenters. The highest BCUT2D eigenvalue weighted by atomic mass is 35.5. The molecule has 0 heterocycles. The number of carbonyl (C=O) groups excluding carboxylic acids is 1. The van der Waals surface area contributed by atoms with Gasteiger partial charge in [0.2, 0.25) is 5.91 Å². The van der Waals surface area contributed by atoms with Gasteiger partial charge in [-0.25, -0.2) is 0 Å². The Labute approximate surface area is 145 Å². The van der Waals surface area contributed by atoms with E-state index in [0.29, 0.717) is 6.54 Å². The van der Waals surface area contributed by atoms with Crippen LogP contribution in [0.15, 0.2) is 24.3 Å². The number of rotatable bonds is 6. The maximum Gasteiger partial charge on any atom is 0.223 e. The van der Waals surface area contributed by atoms with Crippen molar-refractivity contribution < 1.29 is 9.53 Å². The number of amides is 1. The summed E-state index contributed by atoms with van der Waals surface area (Å²) >= 11 is 0. The van der Waals surface area contributed by atoms with Gasteiger partial charge in [0.25, 0.3) is 0 Å². The van der Waals surface area contributed by atoms with E-state index < -0.39 is 0 Å². The van der Waals surface area contributed by atoms with Crippen molar-refractivity contribution in [1.29, 1.82) is 0 Å². The van der Waals surface area contributed by atoms with Crippen LogP contribution in [-0.2, 0) is 4.79 Å². The first kappa shape index (κ1) is 19.8. The number of hydrogen-bond acceptors (Lipinski definition) is 3. The second-order valence-electron chi connectivity index (χ2n) is 6.33. The average molecular weight is 341 g/mol. The van der Waals surface area contributed by atoms with Gasteiger partial charge in [0, 0.05) is 12.0 Å². The van der Waals surface area contributed by atoms with Gasteiger partial charge in [-0.1, -0.05) is 25.5 Å². The van der Waals surface area contributed by atoms with Crippen LogP contribution in [0, 0.1) is 12.8 Å². The highest BCUT2D eigenvalue weighted by molar-refractivity contribution is 5.85. The molecule has 23 heavy (non-hydrogen) atoms. The predicted molar refractivity (Wildman–Crippen MR) is 96.1 cm³/mol. The molecule has 4 nitrogen and oxygen atoms in total. The highest BCUT2D eigenvalue weighted by Crippen LogP contribution is 2.23. The van der Waals surface area contributed by atoms with Gasteiger partial charge in [0.15, 0.2) is 0 Å². The van der Waals surface area contributed by atoms with Gasteiger partial charge in [-0.2, -0.15) is 0 Å². The molecule has 1 fully saturated rings. The summed E-state index contributed by atoms with van der Waals surface area (Å²) in [6.45, 7) is 4.67. The first-order valence-corrected chi connectivity index (χ1v) is 8.35. The third-order valence-corrected chi connectivity index (χ3v) is 4.34. The fourth-order valence-corrected chi connectivity index (χ4v) is 2.97. The molecule has 0 aromatic heterocycles. The number of nitrogens with two attached hydrogens (primary N) is 1. The number of aryl methyl sites for hydroxylation is 1. The molecule has 3 atom stereocenters. The summed E-state index contributed by atoms with van der Waals surface area (Å²) in [4.78, 5) is 12.2. The van der Waals surface area contributed by atoms with Crippen molar-refractivity contribution in [1.82, 2.24) is 5.32 Å². The van der Waals surface area contributed by atoms with Crippen molar-refractivity contribution in [2.45, 2.75) is 58.1 Å². The Morgan fingerprint density at radius 2 is 2.22 bits per heavy atom. The number of nitrogens with one attached hydrogen (secondary N) is 1. The zero-order chi connectivity index (χ0) is 15.9. The lowest BCUT2D eigenvalue weighted by Crippen LogP contribution is -2.41. The smallest absolute Gasteiger partial charge is 0.223 e. The largest absolute Gasteiger partial charge is 0.489 e. The van der Waals surface area contributed by atoms with Crippen molar-refractivity contribution in [2.75, 3.05) is 6.54 Å². The minimum atomic E-state index is 0. The Morgan fingerprint density at radius 3 is 2.87 bits per heavy atom. The molecular formula is C18H29ClN2O2. The molecular weight excluding hydrogens is 312 g/mol. The molecule has 1 aromatic carbocycles. The van der Waals surface area contributed by atoms with Gasteiger partial charge in [-0.15, -0.1) is 12.4 Å². The molecule has 1 amide bonds. The van der Waals surface area contributed by atoms with Crippen LogP contribution in [0.5, 0.6) is 5.75 Å². The van der Waals surface area contributed by atoms with E-state index in [9.17, 15) is 4.79 Å². The summed E-state index contributed by atoms with van der Waals surface area (Å²) < 4.78 is 5.96. The van der Waals surface area contributed by atoms with Crippen LogP contribution in [0.25, 0.3) is 0 Å².